The van der Waals surface area contributed by atoms with E-state index in [9.17, 15) is 8.78 Å². The zero-order valence-electron chi connectivity index (χ0n) is 10.3. The van der Waals surface area contributed by atoms with Crippen molar-refractivity contribution in [3.05, 3.63) is 47.3 Å². The van der Waals surface area contributed by atoms with Gasteiger partial charge in [-0.15, -0.1) is 0 Å². The molecule has 0 atom stereocenters. The van der Waals surface area contributed by atoms with Crippen molar-refractivity contribution in [3.8, 4) is 0 Å². The molecule has 0 bridgehead atoms. The number of rotatable bonds is 3. The monoisotopic (exact) mass is 251 g/mol. The first-order valence-electron chi connectivity index (χ1n) is 5.64. The molecular weight excluding hydrogens is 236 g/mol. The van der Waals surface area contributed by atoms with Crippen LogP contribution >= 0.6 is 0 Å². The quantitative estimate of drug-likeness (QED) is 0.911. The molecule has 1 heterocycles. The molecule has 0 radical (unpaired) electrons. The molecule has 0 aliphatic rings. The Morgan fingerprint density at radius 2 is 1.83 bits per heavy atom. The topological polar surface area (TPSA) is 43.8 Å². The van der Waals surface area contributed by atoms with Gasteiger partial charge in [0.1, 0.15) is 6.54 Å². The standard InChI is InChI=1S/C13H15F2N3/c1-9-12(16)10(2)18(17-9)8-13(14,15)11-6-4-3-5-7-11/h3-7H,8,16H2,1-2H3. The number of aryl methyl sites for hydroxylation is 1. The average molecular weight is 251 g/mol. The van der Waals surface area contributed by atoms with Crippen LogP contribution in [0, 0.1) is 13.8 Å². The normalized spacial score (nSPS) is 11.8. The molecule has 0 saturated carbocycles. The predicted octanol–water partition coefficient (Wildman–Crippen LogP) is 2.87. The molecule has 3 nitrogen and oxygen atoms in total. The van der Waals surface area contributed by atoms with Gasteiger partial charge in [-0.3, -0.25) is 4.68 Å². The number of hydrogen-bond donors (Lipinski definition) is 1. The molecule has 96 valence electrons. The smallest absolute Gasteiger partial charge is 0.292 e. The summed E-state index contributed by atoms with van der Waals surface area (Å²) in [6, 6.07) is 7.72. The fourth-order valence-corrected chi connectivity index (χ4v) is 1.83. The van der Waals surface area contributed by atoms with Gasteiger partial charge in [0.25, 0.3) is 5.92 Å². The van der Waals surface area contributed by atoms with E-state index in [2.05, 4.69) is 5.10 Å². The molecule has 5 heteroatoms. The number of anilines is 1. The van der Waals surface area contributed by atoms with Crippen molar-refractivity contribution in [1.29, 1.82) is 0 Å². The molecule has 2 aromatic rings. The minimum Gasteiger partial charge on any atom is -0.396 e. The SMILES string of the molecule is Cc1nn(CC(F)(F)c2ccccc2)c(C)c1N. The van der Waals surface area contributed by atoms with Crippen molar-refractivity contribution in [2.45, 2.75) is 26.3 Å². The van der Waals surface area contributed by atoms with Gasteiger partial charge in [0, 0.05) is 5.56 Å². The number of nitrogen functional groups attached to an aromatic ring is 1. The van der Waals surface area contributed by atoms with E-state index in [4.69, 9.17) is 5.73 Å². The fourth-order valence-electron chi connectivity index (χ4n) is 1.83. The van der Waals surface area contributed by atoms with Crippen LogP contribution in [0.5, 0.6) is 0 Å². The molecule has 1 aromatic carbocycles. The Bertz CT molecular complexity index is 547. The zero-order chi connectivity index (χ0) is 13.3. The predicted molar refractivity (Wildman–Crippen MR) is 66.4 cm³/mol. The lowest BCUT2D eigenvalue weighted by Gasteiger charge is -2.17. The number of alkyl halides is 2. The van der Waals surface area contributed by atoms with Gasteiger partial charge in [-0.1, -0.05) is 30.3 Å². The summed E-state index contributed by atoms with van der Waals surface area (Å²) in [6.45, 7) is 2.90. The number of nitrogens with zero attached hydrogens (tertiary/aromatic N) is 2. The third-order valence-corrected chi connectivity index (χ3v) is 2.98. The number of halogens is 2. The first kappa shape index (κ1) is 12.5. The van der Waals surface area contributed by atoms with E-state index in [0.29, 0.717) is 17.1 Å². The van der Waals surface area contributed by atoms with Gasteiger partial charge in [0.2, 0.25) is 0 Å². The molecule has 0 saturated heterocycles. The Morgan fingerprint density at radius 1 is 1.22 bits per heavy atom. The van der Waals surface area contributed by atoms with Crippen LogP contribution in [-0.2, 0) is 12.5 Å². The largest absolute Gasteiger partial charge is 0.396 e. The van der Waals surface area contributed by atoms with Crippen molar-refractivity contribution in [2.24, 2.45) is 0 Å². The highest BCUT2D eigenvalue weighted by Gasteiger charge is 2.33. The van der Waals surface area contributed by atoms with E-state index in [1.807, 2.05) is 0 Å². The molecule has 18 heavy (non-hydrogen) atoms. The van der Waals surface area contributed by atoms with E-state index in [1.54, 1.807) is 32.0 Å². The van der Waals surface area contributed by atoms with Crippen molar-refractivity contribution in [2.75, 3.05) is 5.73 Å². The van der Waals surface area contributed by atoms with E-state index in [-0.39, 0.29) is 5.56 Å². The lowest BCUT2D eigenvalue weighted by molar-refractivity contribution is -0.0259. The number of hydrogen-bond acceptors (Lipinski definition) is 2. The lowest BCUT2D eigenvalue weighted by atomic mass is 10.1. The molecule has 1 aromatic heterocycles. The summed E-state index contributed by atoms with van der Waals surface area (Å²) in [4.78, 5) is 0. The molecule has 0 amide bonds. The van der Waals surface area contributed by atoms with Gasteiger partial charge < -0.3 is 5.73 Å². The van der Waals surface area contributed by atoms with Crippen LogP contribution in [0.4, 0.5) is 14.5 Å². The van der Waals surface area contributed by atoms with E-state index < -0.39 is 12.5 Å². The van der Waals surface area contributed by atoms with Crippen LogP contribution in [0.2, 0.25) is 0 Å². The summed E-state index contributed by atoms with van der Waals surface area (Å²) in [6.07, 6.45) is 0. The van der Waals surface area contributed by atoms with Crippen LogP contribution in [0.25, 0.3) is 0 Å². The number of aromatic nitrogens is 2. The summed E-state index contributed by atoms with van der Waals surface area (Å²) < 4.78 is 29.4. The van der Waals surface area contributed by atoms with Crippen LogP contribution < -0.4 is 5.73 Å². The average Bonchev–Trinajstić information content (AvgIpc) is 2.58. The maximum Gasteiger partial charge on any atom is 0.292 e. The van der Waals surface area contributed by atoms with Gasteiger partial charge in [-0.05, 0) is 13.8 Å². The molecule has 0 aliphatic heterocycles. The second kappa shape index (κ2) is 4.40. The van der Waals surface area contributed by atoms with E-state index >= 15 is 0 Å². The first-order chi connectivity index (χ1) is 8.42. The van der Waals surface area contributed by atoms with Crippen molar-refractivity contribution in [3.63, 3.8) is 0 Å². The fraction of sp³-hybridized carbons (Fsp3) is 0.308. The third-order valence-electron chi connectivity index (χ3n) is 2.98. The summed E-state index contributed by atoms with van der Waals surface area (Å²) in [5, 5.41) is 4.03. The van der Waals surface area contributed by atoms with Crippen molar-refractivity contribution in [1.82, 2.24) is 9.78 Å². The summed E-state index contributed by atoms with van der Waals surface area (Å²) >= 11 is 0. The Kier molecular flexibility index (Phi) is 3.07. The van der Waals surface area contributed by atoms with Gasteiger partial charge >= 0.3 is 0 Å². The summed E-state index contributed by atoms with van der Waals surface area (Å²) in [5.41, 5.74) is 7.34. The van der Waals surface area contributed by atoms with Crippen LogP contribution in [0.1, 0.15) is 17.0 Å². The second-order valence-electron chi connectivity index (χ2n) is 4.31. The minimum absolute atomic E-state index is 0.0175. The maximum absolute atomic E-state index is 14.1. The Labute approximate surface area is 104 Å². The highest BCUT2D eigenvalue weighted by Crippen LogP contribution is 2.30. The molecule has 0 fully saturated rings. The highest BCUT2D eigenvalue weighted by molar-refractivity contribution is 5.46. The van der Waals surface area contributed by atoms with Crippen LogP contribution in [-0.4, -0.2) is 9.78 Å². The molecule has 0 aliphatic carbocycles. The number of benzene rings is 1. The molecule has 2 N–H and O–H groups in total. The van der Waals surface area contributed by atoms with E-state index in [1.165, 1.54) is 16.8 Å². The van der Waals surface area contributed by atoms with E-state index in [0.717, 1.165) is 0 Å². The highest BCUT2D eigenvalue weighted by atomic mass is 19.3. The van der Waals surface area contributed by atoms with Gasteiger partial charge in [0.05, 0.1) is 17.1 Å². The van der Waals surface area contributed by atoms with Gasteiger partial charge in [0.15, 0.2) is 0 Å². The van der Waals surface area contributed by atoms with Crippen molar-refractivity contribution < 1.29 is 8.78 Å². The van der Waals surface area contributed by atoms with Gasteiger partial charge in [-0.25, -0.2) is 0 Å². The zero-order valence-corrected chi connectivity index (χ0v) is 10.3. The Hall–Kier alpha value is -1.91. The Morgan fingerprint density at radius 3 is 2.33 bits per heavy atom. The van der Waals surface area contributed by atoms with Crippen LogP contribution in [0.3, 0.4) is 0 Å². The van der Waals surface area contributed by atoms with Crippen LogP contribution in [0.15, 0.2) is 30.3 Å². The first-order valence-corrected chi connectivity index (χ1v) is 5.64. The maximum atomic E-state index is 14.1. The van der Waals surface area contributed by atoms with Crippen molar-refractivity contribution >= 4 is 5.69 Å². The summed E-state index contributed by atoms with van der Waals surface area (Å²) in [7, 11) is 0. The van der Waals surface area contributed by atoms with Gasteiger partial charge in [-0.2, -0.15) is 13.9 Å². The molecule has 0 spiro atoms. The third kappa shape index (κ3) is 2.20. The Balaban J connectivity index is 2.30. The second-order valence-corrected chi connectivity index (χ2v) is 4.31. The molecular formula is C13H15F2N3. The number of nitrogens with two attached hydrogens (primary N) is 1. The molecule has 2 rings (SSSR count). The molecule has 0 unspecified atom stereocenters. The summed E-state index contributed by atoms with van der Waals surface area (Å²) in [5.74, 6) is -2.96. The lowest BCUT2D eigenvalue weighted by Crippen LogP contribution is -2.23. The minimum atomic E-state index is -2.96.